The van der Waals surface area contributed by atoms with Gasteiger partial charge in [0.2, 0.25) is 0 Å². The molecule has 0 aromatic carbocycles. The van der Waals surface area contributed by atoms with Gasteiger partial charge in [-0.3, -0.25) is 4.57 Å². The first-order chi connectivity index (χ1) is 6.16. The van der Waals surface area contributed by atoms with Crippen LogP contribution in [0.3, 0.4) is 0 Å². The molecule has 0 saturated heterocycles. The highest BCUT2D eigenvalue weighted by Gasteiger charge is 2.34. The maximum Gasteiger partial charge on any atom is 0.162 e. The van der Waals surface area contributed by atoms with Gasteiger partial charge >= 0.3 is 0 Å². The third-order valence-electron chi connectivity index (χ3n) is 2.95. The molecule has 0 amide bonds. The van der Waals surface area contributed by atoms with Gasteiger partial charge in [0, 0.05) is 6.61 Å². The van der Waals surface area contributed by atoms with Crippen molar-refractivity contribution in [2.24, 2.45) is 5.92 Å². The molecule has 0 saturated carbocycles. The van der Waals surface area contributed by atoms with E-state index < -0.39 is 0 Å². The number of rotatable bonds is 7. The lowest BCUT2D eigenvalue weighted by Gasteiger charge is -2.30. The molecule has 0 radical (unpaired) electrons. The Morgan fingerprint density at radius 2 is 2.08 bits per heavy atom. The van der Waals surface area contributed by atoms with Crippen LogP contribution in [0, 0.1) is 5.92 Å². The fourth-order valence-electron chi connectivity index (χ4n) is 1.62. The third kappa shape index (κ3) is 3.36. The van der Waals surface area contributed by atoms with E-state index in [2.05, 4.69) is 6.92 Å². The third-order valence-corrected chi connectivity index (χ3v) is 4.29. The number of aliphatic hydroxyl groups is 1. The van der Waals surface area contributed by atoms with Crippen LogP contribution in [0.5, 0.6) is 0 Å². The quantitative estimate of drug-likeness (QED) is 0.646. The van der Waals surface area contributed by atoms with E-state index in [4.69, 9.17) is 5.11 Å². The molecule has 0 rings (SSSR count). The highest BCUT2D eigenvalue weighted by molar-refractivity contribution is 7.26. The van der Waals surface area contributed by atoms with Crippen molar-refractivity contribution in [2.45, 2.75) is 51.6 Å². The van der Waals surface area contributed by atoms with Crippen molar-refractivity contribution in [3.8, 4) is 0 Å². The highest BCUT2D eigenvalue weighted by Crippen LogP contribution is 2.39. The molecule has 2 nitrogen and oxygen atoms in total. The Hall–Kier alpha value is 0.0600. The molecule has 0 fully saturated rings. The van der Waals surface area contributed by atoms with Crippen LogP contribution in [0.2, 0.25) is 0 Å². The highest BCUT2D eigenvalue weighted by atomic mass is 31.1. The molecule has 1 N–H and O–H groups in total. The number of aliphatic hydroxyl groups excluding tert-OH is 1. The lowest BCUT2D eigenvalue weighted by atomic mass is 9.86. The second-order valence-electron chi connectivity index (χ2n) is 3.74. The molecule has 0 aliphatic rings. The summed E-state index contributed by atoms with van der Waals surface area (Å²) in [6.45, 7) is 6.29. The van der Waals surface area contributed by atoms with Crippen LogP contribution in [0.4, 0.5) is 0 Å². The molecule has 0 heterocycles. The minimum Gasteiger partial charge on any atom is -0.396 e. The van der Waals surface area contributed by atoms with Crippen LogP contribution >= 0.6 is 8.46 Å². The Labute approximate surface area is 82.9 Å². The fraction of sp³-hybridized carbons (Fsp3) is 1.00. The number of unbranched alkanes of at least 4 members (excludes halogenated alkanes) is 1. The summed E-state index contributed by atoms with van der Waals surface area (Å²) < 4.78 is 11.2. The standard InChI is InChI=1S/C10H21O2P/c1-4-6-7-10(5-2,13-12)9(3)8-11/h9,11H,4-8H2,1-3H3. The zero-order valence-electron chi connectivity index (χ0n) is 8.92. The number of hydrogen-bond acceptors (Lipinski definition) is 2. The summed E-state index contributed by atoms with van der Waals surface area (Å²) in [5.74, 6) is 0.128. The van der Waals surface area contributed by atoms with Crippen LogP contribution < -0.4 is 0 Å². The van der Waals surface area contributed by atoms with E-state index in [-0.39, 0.29) is 26.1 Å². The van der Waals surface area contributed by atoms with Gasteiger partial charge in [-0.05, 0) is 18.8 Å². The van der Waals surface area contributed by atoms with Crippen molar-refractivity contribution in [1.29, 1.82) is 0 Å². The van der Waals surface area contributed by atoms with Crippen LogP contribution in [-0.2, 0) is 4.57 Å². The Kier molecular flexibility index (Phi) is 6.53. The van der Waals surface area contributed by atoms with Crippen LogP contribution in [0.25, 0.3) is 0 Å². The minimum atomic E-state index is -0.190. The van der Waals surface area contributed by atoms with E-state index in [0.29, 0.717) is 0 Å². The van der Waals surface area contributed by atoms with E-state index in [0.717, 1.165) is 25.7 Å². The average Bonchev–Trinajstić information content (AvgIpc) is 2.19. The molecular formula is C10H21O2P. The smallest absolute Gasteiger partial charge is 0.162 e. The Morgan fingerprint density at radius 1 is 1.46 bits per heavy atom. The SMILES string of the molecule is CCCCC(CC)(P=O)C(C)CO. The predicted octanol–water partition coefficient (Wildman–Crippen LogP) is 3.25. The topological polar surface area (TPSA) is 37.3 Å². The van der Waals surface area contributed by atoms with Crippen LogP contribution in [0.1, 0.15) is 46.5 Å². The molecule has 78 valence electrons. The summed E-state index contributed by atoms with van der Waals surface area (Å²) in [7, 11) is 0.193. The molecule has 2 unspecified atom stereocenters. The summed E-state index contributed by atoms with van der Waals surface area (Å²) in [6.07, 6.45) is 4.04. The van der Waals surface area contributed by atoms with Crippen molar-refractivity contribution < 1.29 is 9.67 Å². The largest absolute Gasteiger partial charge is 0.396 e. The van der Waals surface area contributed by atoms with Gasteiger partial charge in [-0.15, -0.1) is 0 Å². The Balaban J connectivity index is 4.38. The minimum absolute atomic E-state index is 0.128. The Bertz CT molecular complexity index is 150. The maximum atomic E-state index is 11.2. The number of hydrogen-bond donors (Lipinski definition) is 1. The second-order valence-corrected chi connectivity index (χ2v) is 4.81. The zero-order chi connectivity index (χ0) is 10.3. The molecule has 0 bridgehead atoms. The summed E-state index contributed by atoms with van der Waals surface area (Å²) in [6, 6.07) is 0. The fourth-order valence-corrected chi connectivity index (χ4v) is 2.26. The first-order valence-electron chi connectivity index (χ1n) is 5.12. The lowest BCUT2D eigenvalue weighted by molar-refractivity contribution is 0.191. The van der Waals surface area contributed by atoms with Gasteiger partial charge < -0.3 is 5.11 Å². The van der Waals surface area contributed by atoms with Gasteiger partial charge in [-0.25, -0.2) is 0 Å². The van der Waals surface area contributed by atoms with Crippen molar-refractivity contribution >= 4 is 8.46 Å². The van der Waals surface area contributed by atoms with Crippen LogP contribution in [-0.4, -0.2) is 16.9 Å². The molecule has 0 aromatic rings. The maximum absolute atomic E-state index is 11.2. The summed E-state index contributed by atoms with van der Waals surface area (Å²) >= 11 is 0. The molecule has 0 aliphatic carbocycles. The zero-order valence-corrected chi connectivity index (χ0v) is 9.81. The van der Waals surface area contributed by atoms with E-state index in [1.54, 1.807) is 0 Å². The van der Waals surface area contributed by atoms with E-state index >= 15 is 0 Å². The summed E-state index contributed by atoms with van der Waals surface area (Å²) in [5.41, 5.74) is 0. The molecule has 0 aromatic heterocycles. The first kappa shape index (κ1) is 13.1. The van der Waals surface area contributed by atoms with Crippen LogP contribution in [0.15, 0.2) is 0 Å². The molecule has 3 heteroatoms. The van der Waals surface area contributed by atoms with Gasteiger partial charge in [-0.1, -0.05) is 33.6 Å². The van der Waals surface area contributed by atoms with Crippen molar-refractivity contribution in [3.63, 3.8) is 0 Å². The average molecular weight is 204 g/mol. The van der Waals surface area contributed by atoms with Gasteiger partial charge in [0.05, 0.1) is 5.16 Å². The Morgan fingerprint density at radius 3 is 2.38 bits per heavy atom. The summed E-state index contributed by atoms with van der Waals surface area (Å²) in [5, 5.41) is 8.90. The normalized spacial score (nSPS) is 18.5. The molecule has 0 spiro atoms. The van der Waals surface area contributed by atoms with E-state index in [9.17, 15) is 4.57 Å². The molecule has 0 aliphatic heterocycles. The van der Waals surface area contributed by atoms with E-state index in [1.165, 1.54) is 0 Å². The molecule has 13 heavy (non-hydrogen) atoms. The van der Waals surface area contributed by atoms with Gasteiger partial charge in [0.15, 0.2) is 8.46 Å². The molecule has 2 atom stereocenters. The van der Waals surface area contributed by atoms with Crippen molar-refractivity contribution in [1.82, 2.24) is 0 Å². The van der Waals surface area contributed by atoms with Crippen molar-refractivity contribution in [3.05, 3.63) is 0 Å². The van der Waals surface area contributed by atoms with Gasteiger partial charge in [0.25, 0.3) is 0 Å². The monoisotopic (exact) mass is 204 g/mol. The van der Waals surface area contributed by atoms with E-state index in [1.807, 2.05) is 13.8 Å². The lowest BCUT2D eigenvalue weighted by Crippen LogP contribution is -2.32. The van der Waals surface area contributed by atoms with Gasteiger partial charge in [-0.2, -0.15) is 0 Å². The first-order valence-corrected chi connectivity index (χ1v) is 5.93. The predicted molar refractivity (Wildman–Crippen MR) is 56.4 cm³/mol. The van der Waals surface area contributed by atoms with Crippen molar-refractivity contribution in [2.75, 3.05) is 6.61 Å². The summed E-state index contributed by atoms with van der Waals surface area (Å²) in [4.78, 5) is 0. The second kappa shape index (κ2) is 6.50. The molecular weight excluding hydrogens is 183 g/mol. The van der Waals surface area contributed by atoms with Gasteiger partial charge in [0.1, 0.15) is 0 Å².